The van der Waals surface area contributed by atoms with Gasteiger partial charge >= 0.3 is 0 Å². The number of para-hydroxylation sites is 1. The molecular formula is C13H18N2O4S. The summed E-state index contributed by atoms with van der Waals surface area (Å²) >= 11 is 0. The summed E-state index contributed by atoms with van der Waals surface area (Å²) in [4.78, 5) is 13.6. The monoisotopic (exact) mass is 298 g/mol. The third-order valence-electron chi connectivity index (χ3n) is 3.32. The van der Waals surface area contributed by atoms with Crippen LogP contribution in [0.3, 0.4) is 0 Å². The second-order valence-corrected chi connectivity index (χ2v) is 6.64. The van der Waals surface area contributed by atoms with Crippen LogP contribution in [0.1, 0.15) is 12.0 Å². The van der Waals surface area contributed by atoms with Gasteiger partial charge < -0.3 is 9.64 Å². The normalized spacial score (nSPS) is 19.4. The van der Waals surface area contributed by atoms with E-state index in [0.29, 0.717) is 13.1 Å². The van der Waals surface area contributed by atoms with E-state index in [1.807, 2.05) is 24.3 Å². The minimum Gasteiger partial charge on any atom is -0.496 e. The Morgan fingerprint density at radius 1 is 1.40 bits per heavy atom. The second-order valence-electron chi connectivity index (χ2n) is 4.99. The van der Waals surface area contributed by atoms with Gasteiger partial charge in [0, 0.05) is 31.0 Å². The van der Waals surface area contributed by atoms with Crippen LogP contribution in [0.5, 0.6) is 5.75 Å². The maximum Gasteiger partial charge on any atom is 0.223 e. The maximum absolute atomic E-state index is 11.9. The molecule has 2 rings (SSSR count). The smallest absolute Gasteiger partial charge is 0.223 e. The average Bonchev–Trinajstić information content (AvgIpc) is 2.68. The van der Waals surface area contributed by atoms with Gasteiger partial charge in [-0.1, -0.05) is 18.2 Å². The average molecular weight is 298 g/mol. The third kappa shape index (κ3) is 3.71. The van der Waals surface area contributed by atoms with Crippen LogP contribution < -0.4 is 9.88 Å². The van der Waals surface area contributed by atoms with E-state index in [-0.39, 0.29) is 24.0 Å². The Balaban J connectivity index is 2.05. The van der Waals surface area contributed by atoms with Crippen molar-refractivity contribution in [3.63, 3.8) is 0 Å². The molecule has 1 aromatic carbocycles. The van der Waals surface area contributed by atoms with Gasteiger partial charge in [-0.15, -0.1) is 0 Å². The predicted octanol–water partition coefficient (Wildman–Crippen LogP) is 0.332. The number of sulfonamides is 1. The van der Waals surface area contributed by atoms with E-state index in [1.54, 1.807) is 12.0 Å². The number of benzene rings is 1. The first kappa shape index (κ1) is 14.8. The molecule has 7 heteroatoms. The highest BCUT2D eigenvalue weighted by Crippen LogP contribution is 2.25. The molecule has 1 aliphatic rings. The highest BCUT2D eigenvalue weighted by Gasteiger charge is 2.32. The van der Waals surface area contributed by atoms with Gasteiger partial charge in [0.05, 0.1) is 12.9 Å². The number of nitrogens with two attached hydrogens (primary N) is 1. The fourth-order valence-corrected chi connectivity index (χ4v) is 3.37. The standard InChI is InChI=1S/C13H18N2O4S/c1-19-12-5-3-2-4-11(12)8-15-7-10(6-13(15)16)9-20(14,17)18/h2-5,10H,6-9H2,1H3,(H2,14,17,18). The van der Waals surface area contributed by atoms with Crippen LogP contribution in [0.4, 0.5) is 0 Å². The molecule has 1 aliphatic heterocycles. The van der Waals surface area contributed by atoms with E-state index in [9.17, 15) is 13.2 Å². The van der Waals surface area contributed by atoms with Crippen molar-refractivity contribution in [3.05, 3.63) is 29.8 Å². The van der Waals surface area contributed by atoms with Gasteiger partial charge in [0.2, 0.25) is 15.9 Å². The number of rotatable bonds is 5. The van der Waals surface area contributed by atoms with Crippen molar-refractivity contribution >= 4 is 15.9 Å². The Hall–Kier alpha value is -1.60. The number of carbonyl (C=O) groups is 1. The van der Waals surface area contributed by atoms with Crippen LogP contribution in [-0.4, -0.2) is 38.6 Å². The molecule has 1 heterocycles. The lowest BCUT2D eigenvalue weighted by atomic mass is 10.1. The van der Waals surface area contributed by atoms with E-state index < -0.39 is 10.0 Å². The van der Waals surface area contributed by atoms with Gasteiger partial charge in [-0.3, -0.25) is 4.79 Å². The second kappa shape index (κ2) is 5.80. The highest BCUT2D eigenvalue weighted by atomic mass is 32.2. The van der Waals surface area contributed by atoms with Crippen LogP contribution in [-0.2, 0) is 21.4 Å². The summed E-state index contributed by atoms with van der Waals surface area (Å²) in [5.74, 6) is 0.285. The lowest BCUT2D eigenvalue weighted by Gasteiger charge is -2.18. The van der Waals surface area contributed by atoms with Crippen molar-refractivity contribution in [1.82, 2.24) is 4.90 Å². The lowest BCUT2D eigenvalue weighted by Crippen LogP contribution is -2.27. The molecule has 1 fully saturated rings. The molecular weight excluding hydrogens is 280 g/mol. The number of hydrogen-bond donors (Lipinski definition) is 1. The molecule has 0 bridgehead atoms. The van der Waals surface area contributed by atoms with Crippen molar-refractivity contribution in [1.29, 1.82) is 0 Å². The summed E-state index contributed by atoms with van der Waals surface area (Å²) in [5.41, 5.74) is 0.902. The molecule has 0 radical (unpaired) electrons. The van der Waals surface area contributed by atoms with Gasteiger partial charge in [0.25, 0.3) is 0 Å². The van der Waals surface area contributed by atoms with Gasteiger partial charge in [0.1, 0.15) is 5.75 Å². The van der Waals surface area contributed by atoms with Gasteiger partial charge in [-0.05, 0) is 6.07 Å². The Labute approximate surface area is 118 Å². The largest absolute Gasteiger partial charge is 0.496 e. The van der Waals surface area contributed by atoms with Crippen molar-refractivity contribution in [2.75, 3.05) is 19.4 Å². The molecule has 1 atom stereocenters. The van der Waals surface area contributed by atoms with E-state index in [4.69, 9.17) is 9.88 Å². The van der Waals surface area contributed by atoms with Crippen molar-refractivity contribution in [2.24, 2.45) is 11.1 Å². The van der Waals surface area contributed by atoms with E-state index >= 15 is 0 Å². The lowest BCUT2D eigenvalue weighted by molar-refractivity contribution is -0.128. The fourth-order valence-electron chi connectivity index (χ4n) is 2.49. The van der Waals surface area contributed by atoms with E-state index in [1.165, 1.54) is 0 Å². The Bertz CT molecular complexity index is 600. The molecule has 0 aromatic heterocycles. The summed E-state index contributed by atoms with van der Waals surface area (Å²) in [7, 11) is -1.97. The number of ether oxygens (including phenoxy) is 1. The minimum absolute atomic E-state index is 0.0513. The molecule has 1 unspecified atom stereocenters. The molecule has 1 amide bonds. The van der Waals surface area contributed by atoms with Crippen LogP contribution in [0.25, 0.3) is 0 Å². The SMILES string of the molecule is COc1ccccc1CN1CC(CS(N)(=O)=O)CC1=O. The predicted molar refractivity (Wildman–Crippen MR) is 74.5 cm³/mol. The number of carbonyl (C=O) groups excluding carboxylic acids is 1. The summed E-state index contributed by atoms with van der Waals surface area (Å²) < 4.78 is 27.4. The molecule has 6 nitrogen and oxygen atoms in total. The molecule has 0 saturated carbocycles. The third-order valence-corrected chi connectivity index (χ3v) is 4.25. The quantitative estimate of drug-likeness (QED) is 0.848. The zero-order valence-electron chi connectivity index (χ0n) is 11.3. The number of amides is 1. The topological polar surface area (TPSA) is 89.7 Å². The van der Waals surface area contributed by atoms with Gasteiger partial charge in [-0.25, -0.2) is 13.6 Å². The number of methoxy groups -OCH3 is 1. The van der Waals surface area contributed by atoms with Crippen molar-refractivity contribution in [3.8, 4) is 5.75 Å². The van der Waals surface area contributed by atoms with Crippen LogP contribution in [0, 0.1) is 5.92 Å². The molecule has 1 saturated heterocycles. The zero-order chi connectivity index (χ0) is 14.8. The Morgan fingerprint density at radius 2 is 2.10 bits per heavy atom. The van der Waals surface area contributed by atoms with Crippen LogP contribution >= 0.6 is 0 Å². The van der Waals surface area contributed by atoms with Gasteiger partial charge in [0.15, 0.2) is 0 Å². The number of primary sulfonamides is 1. The van der Waals surface area contributed by atoms with Gasteiger partial charge in [-0.2, -0.15) is 0 Å². The summed E-state index contributed by atoms with van der Waals surface area (Å²) in [6.45, 7) is 0.831. The number of nitrogens with zero attached hydrogens (tertiary/aromatic N) is 1. The van der Waals surface area contributed by atoms with Crippen molar-refractivity contribution in [2.45, 2.75) is 13.0 Å². The number of likely N-dealkylation sites (tertiary alicyclic amines) is 1. The molecule has 0 spiro atoms. The van der Waals surface area contributed by atoms with E-state index in [0.717, 1.165) is 11.3 Å². The summed E-state index contributed by atoms with van der Waals surface area (Å²) in [5, 5.41) is 5.03. The molecule has 0 aliphatic carbocycles. The first-order valence-corrected chi connectivity index (χ1v) is 8.00. The molecule has 110 valence electrons. The van der Waals surface area contributed by atoms with Crippen molar-refractivity contribution < 1.29 is 17.9 Å². The van der Waals surface area contributed by atoms with Crippen LogP contribution in [0.2, 0.25) is 0 Å². The fraction of sp³-hybridized carbons (Fsp3) is 0.462. The summed E-state index contributed by atoms with van der Waals surface area (Å²) in [6, 6.07) is 7.45. The molecule has 20 heavy (non-hydrogen) atoms. The Morgan fingerprint density at radius 3 is 2.75 bits per heavy atom. The first-order valence-electron chi connectivity index (χ1n) is 6.29. The Kier molecular flexibility index (Phi) is 4.29. The first-order chi connectivity index (χ1) is 9.39. The zero-order valence-corrected chi connectivity index (χ0v) is 12.1. The maximum atomic E-state index is 11.9. The highest BCUT2D eigenvalue weighted by molar-refractivity contribution is 7.89. The minimum atomic E-state index is -3.54. The van der Waals surface area contributed by atoms with E-state index in [2.05, 4.69) is 0 Å². The molecule has 2 N–H and O–H groups in total. The molecule has 1 aromatic rings. The summed E-state index contributed by atoms with van der Waals surface area (Å²) in [6.07, 6.45) is 0.228. The number of hydrogen-bond acceptors (Lipinski definition) is 4. The van der Waals surface area contributed by atoms with Crippen LogP contribution in [0.15, 0.2) is 24.3 Å².